The second-order valence-electron chi connectivity index (χ2n) is 12.0. The second kappa shape index (κ2) is 13.5. The number of carbonyl (C=O) groups excluding carboxylic acids is 3. The van der Waals surface area contributed by atoms with Crippen molar-refractivity contribution in [3.63, 3.8) is 0 Å². The fourth-order valence-electron chi connectivity index (χ4n) is 6.55. The molecule has 236 valence electrons. The second-order valence-corrected chi connectivity index (χ2v) is 12.4. The summed E-state index contributed by atoms with van der Waals surface area (Å²) in [4.78, 5) is 46.6. The number of benzene rings is 3. The largest absolute Gasteiger partial charge is 0.496 e. The fourth-order valence-corrected chi connectivity index (χ4v) is 6.73. The SMILES string of the molecule is COc1cc(NC(=O)c2cccc3c2OCCC3)ccc1C(=O)N1CCCC(CC(=O)N2CCN(C)CC2)c2cc(Cl)ccc21. The summed E-state index contributed by atoms with van der Waals surface area (Å²) in [6.07, 6.45) is 3.69. The predicted octanol–water partition coefficient (Wildman–Crippen LogP) is 5.61. The van der Waals surface area contributed by atoms with Crippen molar-refractivity contribution in [1.82, 2.24) is 9.80 Å². The number of para-hydroxylation sites is 1. The number of methoxy groups -OCH3 is 1. The normalized spacial score (nSPS) is 18.2. The van der Waals surface area contributed by atoms with Gasteiger partial charge in [0.25, 0.3) is 11.8 Å². The van der Waals surface area contributed by atoms with Crippen molar-refractivity contribution in [3.8, 4) is 11.5 Å². The quantitative estimate of drug-likeness (QED) is 0.381. The fraction of sp³-hybridized carbons (Fsp3) is 0.400. The lowest BCUT2D eigenvalue weighted by atomic mass is 9.90. The van der Waals surface area contributed by atoms with Crippen molar-refractivity contribution in [2.75, 3.05) is 63.7 Å². The van der Waals surface area contributed by atoms with Crippen LogP contribution in [0.15, 0.2) is 54.6 Å². The maximum Gasteiger partial charge on any atom is 0.262 e. The first kappa shape index (κ1) is 30.9. The Labute approximate surface area is 269 Å². The van der Waals surface area contributed by atoms with Crippen LogP contribution in [0.1, 0.15) is 63.4 Å². The maximum absolute atomic E-state index is 14.1. The van der Waals surface area contributed by atoms with E-state index >= 15 is 0 Å². The van der Waals surface area contributed by atoms with Gasteiger partial charge >= 0.3 is 0 Å². The summed E-state index contributed by atoms with van der Waals surface area (Å²) in [5.41, 5.74) is 4.05. The van der Waals surface area contributed by atoms with E-state index in [0.717, 1.165) is 68.7 Å². The van der Waals surface area contributed by atoms with Crippen LogP contribution < -0.4 is 19.7 Å². The summed E-state index contributed by atoms with van der Waals surface area (Å²) in [7, 11) is 3.58. The van der Waals surface area contributed by atoms with Crippen molar-refractivity contribution < 1.29 is 23.9 Å². The van der Waals surface area contributed by atoms with Gasteiger partial charge < -0.3 is 29.5 Å². The van der Waals surface area contributed by atoms with Gasteiger partial charge in [-0.15, -0.1) is 0 Å². The van der Waals surface area contributed by atoms with Gasteiger partial charge in [-0.05, 0) is 86.2 Å². The van der Waals surface area contributed by atoms with Crippen LogP contribution in [0.5, 0.6) is 11.5 Å². The van der Waals surface area contributed by atoms with Gasteiger partial charge in [-0.1, -0.05) is 23.7 Å². The summed E-state index contributed by atoms with van der Waals surface area (Å²) in [6, 6.07) is 16.2. The third kappa shape index (κ3) is 6.65. The number of likely N-dealkylation sites (N-methyl/N-ethyl adjacent to an activating group) is 1. The number of hydrogen-bond donors (Lipinski definition) is 1. The van der Waals surface area contributed by atoms with Gasteiger partial charge in [0.1, 0.15) is 11.5 Å². The number of aryl methyl sites for hydroxylation is 1. The van der Waals surface area contributed by atoms with Crippen LogP contribution in [0, 0.1) is 0 Å². The van der Waals surface area contributed by atoms with Crippen molar-refractivity contribution in [2.45, 2.75) is 38.0 Å². The van der Waals surface area contributed by atoms with Gasteiger partial charge in [-0.3, -0.25) is 14.4 Å². The van der Waals surface area contributed by atoms with Crippen molar-refractivity contribution >= 4 is 40.7 Å². The molecule has 3 amide bonds. The van der Waals surface area contributed by atoms with E-state index in [1.807, 2.05) is 29.2 Å². The number of anilines is 2. The maximum atomic E-state index is 14.1. The Kier molecular flexibility index (Phi) is 9.28. The predicted molar refractivity (Wildman–Crippen MR) is 175 cm³/mol. The Hall–Kier alpha value is -4.08. The number of halogens is 1. The number of nitrogens with one attached hydrogen (secondary N) is 1. The van der Waals surface area contributed by atoms with Crippen LogP contribution in [-0.2, 0) is 11.2 Å². The summed E-state index contributed by atoms with van der Waals surface area (Å²) < 4.78 is 11.5. The number of nitrogens with zero attached hydrogens (tertiary/aromatic N) is 3. The molecule has 0 spiro atoms. The zero-order valence-corrected chi connectivity index (χ0v) is 26.6. The molecular weight excluding hydrogens is 592 g/mol. The van der Waals surface area contributed by atoms with E-state index in [2.05, 4.69) is 17.3 Å². The highest BCUT2D eigenvalue weighted by molar-refractivity contribution is 6.30. The molecule has 9 nitrogen and oxygen atoms in total. The van der Waals surface area contributed by atoms with Crippen LogP contribution in [0.2, 0.25) is 5.02 Å². The number of rotatable bonds is 6. The molecule has 1 N–H and O–H groups in total. The first-order valence-corrected chi connectivity index (χ1v) is 16.0. The average molecular weight is 631 g/mol. The number of ether oxygens (including phenoxy) is 2. The Morgan fingerprint density at radius 1 is 0.978 bits per heavy atom. The van der Waals surface area contributed by atoms with Gasteiger partial charge in [0.15, 0.2) is 0 Å². The smallest absolute Gasteiger partial charge is 0.262 e. The number of hydrogen-bond acceptors (Lipinski definition) is 6. The summed E-state index contributed by atoms with van der Waals surface area (Å²) in [5.74, 6) is 0.570. The van der Waals surface area contributed by atoms with Crippen LogP contribution >= 0.6 is 11.6 Å². The highest BCUT2D eigenvalue weighted by atomic mass is 35.5. The van der Waals surface area contributed by atoms with Crippen LogP contribution in [0.3, 0.4) is 0 Å². The van der Waals surface area contributed by atoms with Crippen molar-refractivity contribution in [2.24, 2.45) is 0 Å². The van der Waals surface area contributed by atoms with E-state index in [-0.39, 0.29) is 23.6 Å². The number of carbonyl (C=O) groups is 3. The van der Waals surface area contributed by atoms with Gasteiger partial charge in [0.2, 0.25) is 5.91 Å². The molecule has 45 heavy (non-hydrogen) atoms. The molecule has 0 aromatic heterocycles. The van der Waals surface area contributed by atoms with E-state index in [9.17, 15) is 14.4 Å². The van der Waals surface area contributed by atoms with E-state index < -0.39 is 0 Å². The molecule has 0 aliphatic carbocycles. The molecule has 6 rings (SSSR count). The van der Waals surface area contributed by atoms with Crippen molar-refractivity contribution in [3.05, 3.63) is 81.9 Å². The number of fused-ring (bicyclic) bond motifs is 2. The Bertz CT molecular complexity index is 1600. The monoisotopic (exact) mass is 630 g/mol. The molecule has 10 heteroatoms. The minimum atomic E-state index is -0.287. The summed E-state index contributed by atoms with van der Waals surface area (Å²) in [6.45, 7) is 4.27. The van der Waals surface area contributed by atoms with Gasteiger partial charge in [0.05, 0.1) is 24.8 Å². The van der Waals surface area contributed by atoms with E-state index in [4.69, 9.17) is 21.1 Å². The zero-order chi connectivity index (χ0) is 31.5. The lowest BCUT2D eigenvalue weighted by Gasteiger charge is -2.33. The molecule has 3 aliphatic rings. The van der Waals surface area contributed by atoms with E-state index in [1.165, 1.54) is 7.11 Å². The highest BCUT2D eigenvalue weighted by Crippen LogP contribution is 2.40. The topological polar surface area (TPSA) is 91.4 Å². The number of amides is 3. The van der Waals surface area contributed by atoms with Gasteiger partial charge in [0, 0.05) is 61.6 Å². The molecule has 3 aromatic rings. The molecule has 0 bridgehead atoms. The van der Waals surface area contributed by atoms with Crippen LogP contribution in [0.4, 0.5) is 11.4 Å². The minimum absolute atomic E-state index is 0.0455. The summed E-state index contributed by atoms with van der Waals surface area (Å²) >= 11 is 6.46. The lowest BCUT2D eigenvalue weighted by Crippen LogP contribution is -2.47. The van der Waals surface area contributed by atoms with Gasteiger partial charge in [-0.25, -0.2) is 0 Å². The van der Waals surface area contributed by atoms with Crippen LogP contribution in [0.25, 0.3) is 0 Å². The Morgan fingerprint density at radius 3 is 2.60 bits per heavy atom. The molecule has 1 atom stereocenters. The standard InChI is InChI=1S/C35H39ClN4O5/c1-38-15-17-39(18-16-38)32(41)20-24-7-4-14-40(30-13-10-25(36)21-29(24)30)35(43)27-12-11-26(22-31(27)44-2)37-34(42)28-9-3-6-23-8-5-19-45-33(23)28/h3,6,9-13,21-22,24H,4-5,7-8,14-20H2,1-2H3,(H,37,42). The van der Waals surface area contributed by atoms with Crippen LogP contribution in [-0.4, -0.2) is 81.0 Å². The van der Waals surface area contributed by atoms with Crippen molar-refractivity contribution in [1.29, 1.82) is 0 Å². The molecule has 0 radical (unpaired) electrons. The average Bonchev–Trinajstić information content (AvgIpc) is 3.23. The third-order valence-electron chi connectivity index (χ3n) is 9.04. The zero-order valence-electron chi connectivity index (χ0n) is 25.8. The molecule has 1 saturated heterocycles. The Balaban J connectivity index is 1.22. The lowest BCUT2D eigenvalue weighted by molar-refractivity contribution is -0.133. The highest BCUT2D eigenvalue weighted by Gasteiger charge is 2.31. The minimum Gasteiger partial charge on any atom is -0.496 e. The third-order valence-corrected chi connectivity index (χ3v) is 9.28. The molecule has 1 fully saturated rings. The molecule has 3 heterocycles. The molecule has 0 saturated carbocycles. The summed E-state index contributed by atoms with van der Waals surface area (Å²) in [5, 5.41) is 3.51. The molecular formula is C35H39ClN4O5. The molecule has 3 aliphatic heterocycles. The van der Waals surface area contributed by atoms with E-state index in [1.54, 1.807) is 35.2 Å². The van der Waals surface area contributed by atoms with Gasteiger partial charge in [-0.2, -0.15) is 0 Å². The first-order chi connectivity index (χ1) is 21.8. The Morgan fingerprint density at radius 2 is 1.80 bits per heavy atom. The molecule has 1 unspecified atom stereocenters. The first-order valence-electron chi connectivity index (χ1n) is 15.6. The molecule has 3 aromatic carbocycles. The number of piperazine rings is 1. The van der Waals surface area contributed by atoms with E-state index in [0.29, 0.717) is 52.9 Å².